The molecule has 0 aromatic heterocycles. The van der Waals surface area contributed by atoms with Crippen LogP contribution in [0.25, 0.3) is 0 Å². The third-order valence-corrected chi connectivity index (χ3v) is 2.33. The minimum Gasteiger partial charge on any atom is -0.494 e. The van der Waals surface area contributed by atoms with Gasteiger partial charge >= 0.3 is 0 Å². The van der Waals surface area contributed by atoms with E-state index in [1.165, 1.54) is 0 Å². The molecule has 0 spiro atoms. The van der Waals surface area contributed by atoms with Crippen LogP contribution in [0.3, 0.4) is 0 Å². The van der Waals surface area contributed by atoms with Crippen LogP contribution in [-0.2, 0) is 9.53 Å². The van der Waals surface area contributed by atoms with Gasteiger partial charge in [0, 0.05) is 12.6 Å². The molecule has 1 amide bonds. The van der Waals surface area contributed by atoms with Gasteiger partial charge in [-0.1, -0.05) is 0 Å². The van der Waals surface area contributed by atoms with Crippen molar-refractivity contribution in [2.75, 3.05) is 38.3 Å². The van der Waals surface area contributed by atoms with Crippen molar-refractivity contribution in [1.82, 2.24) is 0 Å². The molecule has 3 N–H and O–H groups in total. The number of anilines is 1. The molecule has 0 radical (unpaired) electrons. The van der Waals surface area contributed by atoms with Crippen molar-refractivity contribution in [3.05, 3.63) is 18.2 Å². The lowest BCUT2D eigenvalue weighted by Gasteiger charge is -2.13. The number of benzene rings is 1. The smallest absolute Gasteiger partial charge is 0.250 e. The monoisotopic (exact) mass is 282 g/mol. The average Bonchev–Trinajstić information content (AvgIpc) is 2.42. The molecule has 0 saturated carbocycles. The summed E-state index contributed by atoms with van der Waals surface area (Å²) in [4.78, 5) is 11.7. The van der Waals surface area contributed by atoms with Crippen LogP contribution in [0.4, 0.5) is 5.69 Å². The summed E-state index contributed by atoms with van der Waals surface area (Å²) in [6.07, 6.45) is 0. The van der Waals surface area contributed by atoms with Crippen LogP contribution < -0.4 is 20.5 Å². The summed E-state index contributed by atoms with van der Waals surface area (Å²) in [6, 6.07) is 5.30. The first-order valence-electron chi connectivity index (χ1n) is 6.68. The van der Waals surface area contributed by atoms with E-state index in [2.05, 4.69) is 5.32 Å². The molecule has 0 aliphatic heterocycles. The minimum atomic E-state index is -0.256. The topological polar surface area (TPSA) is 82.8 Å². The molecule has 0 bridgehead atoms. The van der Waals surface area contributed by atoms with E-state index < -0.39 is 0 Å². The zero-order chi connectivity index (χ0) is 14.8. The molecule has 0 aliphatic carbocycles. The molecule has 0 unspecified atom stereocenters. The van der Waals surface area contributed by atoms with Crippen molar-refractivity contribution in [2.24, 2.45) is 5.73 Å². The van der Waals surface area contributed by atoms with Gasteiger partial charge in [-0.2, -0.15) is 0 Å². The van der Waals surface area contributed by atoms with Crippen LogP contribution >= 0.6 is 0 Å². The van der Waals surface area contributed by atoms with Crippen LogP contribution in [0.1, 0.15) is 13.8 Å². The maximum Gasteiger partial charge on any atom is 0.250 e. The Morgan fingerprint density at radius 3 is 2.65 bits per heavy atom. The molecule has 1 aromatic rings. The number of amides is 1. The highest BCUT2D eigenvalue weighted by atomic mass is 16.5. The van der Waals surface area contributed by atoms with E-state index in [4.69, 9.17) is 19.9 Å². The van der Waals surface area contributed by atoms with E-state index in [1.807, 2.05) is 13.8 Å². The third-order valence-electron chi connectivity index (χ3n) is 2.33. The molecule has 1 rings (SSSR count). The second-order valence-electron chi connectivity index (χ2n) is 3.91. The van der Waals surface area contributed by atoms with E-state index in [9.17, 15) is 4.79 Å². The molecule has 6 heteroatoms. The van der Waals surface area contributed by atoms with Crippen LogP contribution in [-0.4, -0.2) is 38.9 Å². The van der Waals surface area contributed by atoms with Crippen molar-refractivity contribution >= 4 is 11.6 Å². The summed E-state index contributed by atoms with van der Waals surface area (Å²) in [7, 11) is 0. The minimum absolute atomic E-state index is 0.0401. The zero-order valence-electron chi connectivity index (χ0n) is 12.0. The summed E-state index contributed by atoms with van der Waals surface area (Å²) in [5.74, 6) is 1.02. The van der Waals surface area contributed by atoms with Crippen molar-refractivity contribution < 1.29 is 19.0 Å². The van der Waals surface area contributed by atoms with Crippen LogP contribution in [0, 0.1) is 0 Å². The maximum atomic E-state index is 11.7. The van der Waals surface area contributed by atoms with Crippen LogP contribution in [0.15, 0.2) is 18.2 Å². The van der Waals surface area contributed by atoms with E-state index in [1.54, 1.807) is 18.2 Å². The van der Waals surface area contributed by atoms with Gasteiger partial charge in [-0.15, -0.1) is 0 Å². The average molecular weight is 282 g/mol. The fourth-order valence-electron chi connectivity index (χ4n) is 1.58. The van der Waals surface area contributed by atoms with Gasteiger partial charge in [-0.25, -0.2) is 0 Å². The molecule has 0 atom stereocenters. The van der Waals surface area contributed by atoms with E-state index >= 15 is 0 Å². The van der Waals surface area contributed by atoms with E-state index in [0.717, 1.165) is 0 Å². The highest BCUT2D eigenvalue weighted by Crippen LogP contribution is 2.29. The molecule has 1 aromatic carbocycles. The predicted octanol–water partition coefficient (Wildman–Crippen LogP) is 1.40. The lowest BCUT2D eigenvalue weighted by molar-refractivity contribution is -0.120. The first-order valence-corrected chi connectivity index (χ1v) is 6.68. The summed E-state index contributed by atoms with van der Waals surface area (Å²) in [5, 5.41) is 2.74. The number of nitrogens with one attached hydrogen (secondary N) is 1. The molecular weight excluding hydrogens is 260 g/mol. The van der Waals surface area contributed by atoms with Crippen molar-refractivity contribution in [3.8, 4) is 11.5 Å². The van der Waals surface area contributed by atoms with Gasteiger partial charge in [0.1, 0.15) is 18.1 Å². The van der Waals surface area contributed by atoms with Crippen molar-refractivity contribution in [2.45, 2.75) is 13.8 Å². The van der Waals surface area contributed by atoms with Gasteiger partial charge in [0.2, 0.25) is 5.91 Å². The van der Waals surface area contributed by atoms with Crippen molar-refractivity contribution in [1.29, 1.82) is 0 Å². The largest absolute Gasteiger partial charge is 0.494 e. The number of nitrogens with two attached hydrogens (primary N) is 1. The fraction of sp³-hybridized carbons (Fsp3) is 0.500. The number of hydrogen-bond acceptors (Lipinski definition) is 5. The van der Waals surface area contributed by atoms with Gasteiger partial charge in [0.05, 0.1) is 25.5 Å². The first kappa shape index (κ1) is 16.3. The zero-order valence-corrected chi connectivity index (χ0v) is 12.0. The molecular formula is C14H22N2O4. The highest BCUT2D eigenvalue weighted by molar-refractivity contribution is 5.93. The number of hydrogen-bond donors (Lipinski definition) is 2. The number of carbonyl (C=O) groups excluding carboxylic acids is 1. The van der Waals surface area contributed by atoms with Crippen LogP contribution in [0.5, 0.6) is 11.5 Å². The lowest BCUT2D eigenvalue weighted by atomic mass is 10.2. The second-order valence-corrected chi connectivity index (χ2v) is 3.91. The highest BCUT2D eigenvalue weighted by Gasteiger charge is 2.09. The van der Waals surface area contributed by atoms with E-state index in [0.29, 0.717) is 43.6 Å². The molecule has 20 heavy (non-hydrogen) atoms. The van der Waals surface area contributed by atoms with Gasteiger partial charge in [0.15, 0.2) is 0 Å². The van der Waals surface area contributed by atoms with Gasteiger partial charge < -0.3 is 25.3 Å². The number of carbonyl (C=O) groups is 1. The maximum absolute atomic E-state index is 11.7. The molecule has 6 nitrogen and oxygen atoms in total. The Kier molecular flexibility index (Phi) is 7.46. The standard InChI is InChI=1S/C14H22N2O4/c1-3-19-11-5-6-13(20-4-2)12(9-11)16-14(17)10-18-8-7-15/h5-6,9H,3-4,7-8,10,15H2,1-2H3,(H,16,17). The first-order chi connectivity index (χ1) is 9.71. The normalized spacial score (nSPS) is 10.2. The molecule has 112 valence electrons. The summed E-state index contributed by atoms with van der Waals surface area (Å²) >= 11 is 0. The summed E-state index contributed by atoms with van der Waals surface area (Å²) < 4.78 is 16.0. The Morgan fingerprint density at radius 1 is 1.25 bits per heavy atom. The molecule has 0 heterocycles. The van der Waals surface area contributed by atoms with Crippen molar-refractivity contribution in [3.63, 3.8) is 0 Å². The Hall–Kier alpha value is -1.79. The van der Waals surface area contributed by atoms with Gasteiger partial charge in [-0.3, -0.25) is 4.79 Å². The lowest BCUT2D eigenvalue weighted by Crippen LogP contribution is -2.21. The summed E-state index contributed by atoms with van der Waals surface area (Å²) in [6.45, 7) is 5.55. The number of ether oxygens (including phenoxy) is 3. The fourth-order valence-corrected chi connectivity index (χ4v) is 1.58. The Labute approximate surface area is 119 Å². The molecule has 0 fully saturated rings. The summed E-state index contributed by atoms with van der Waals surface area (Å²) in [5.41, 5.74) is 5.86. The molecule has 0 aliphatic rings. The Morgan fingerprint density at radius 2 is 2.00 bits per heavy atom. The third kappa shape index (κ3) is 5.46. The SMILES string of the molecule is CCOc1ccc(OCC)c(NC(=O)COCCN)c1. The van der Waals surface area contributed by atoms with Crippen LogP contribution in [0.2, 0.25) is 0 Å². The second kappa shape index (κ2) is 9.17. The van der Waals surface area contributed by atoms with Gasteiger partial charge in [-0.05, 0) is 26.0 Å². The van der Waals surface area contributed by atoms with E-state index in [-0.39, 0.29) is 12.5 Å². The Balaban J connectivity index is 2.72. The quantitative estimate of drug-likeness (QED) is 0.669. The predicted molar refractivity (Wildman–Crippen MR) is 77.3 cm³/mol. The molecule has 0 saturated heterocycles. The Bertz CT molecular complexity index is 424. The van der Waals surface area contributed by atoms with Gasteiger partial charge in [0.25, 0.3) is 0 Å². The number of rotatable bonds is 9.